The molecule has 0 spiro atoms. The Morgan fingerprint density at radius 2 is 1.18 bits per heavy atom. The molecule has 3 N–H and O–H groups in total. The number of esters is 1. The van der Waals surface area contributed by atoms with Crippen LogP contribution in [0.25, 0.3) is 0 Å². The van der Waals surface area contributed by atoms with Gasteiger partial charge in [0.2, 0.25) is 0 Å². The van der Waals surface area contributed by atoms with Crippen LogP contribution in [-0.4, -0.2) is 45.4 Å². The van der Waals surface area contributed by atoms with Crippen LogP contribution in [0.2, 0.25) is 0 Å². The van der Waals surface area contributed by atoms with Crippen molar-refractivity contribution in [2.24, 2.45) is 0 Å². The van der Waals surface area contributed by atoms with Crippen LogP contribution >= 0.6 is 0 Å². The maximum Gasteiger partial charge on any atom is 0.336 e. The standard InChI is InChI=1S/C26H40O7/c1-19(2)9-6-10-20(3)11-7-12-21(4)13-8-14-22(5)15-16-33-24(29)18-26(32,25(30)31)17-23(27)28/h9,11,13,15,32H,6-8,10,12,14,16-18H2,1-5H3,(H,27,28)(H,30,31)/b20-11+,21-13+,22-15+. The largest absolute Gasteiger partial charge is 0.481 e. The van der Waals surface area contributed by atoms with Gasteiger partial charge in [0, 0.05) is 0 Å². The highest BCUT2D eigenvalue weighted by Gasteiger charge is 2.41. The smallest absolute Gasteiger partial charge is 0.336 e. The van der Waals surface area contributed by atoms with E-state index in [-0.39, 0.29) is 6.61 Å². The van der Waals surface area contributed by atoms with Crippen LogP contribution in [0.1, 0.15) is 86.0 Å². The highest BCUT2D eigenvalue weighted by Crippen LogP contribution is 2.17. The molecule has 0 aromatic rings. The van der Waals surface area contributed by atoms with Crippen molar-refractivity contribution in [3.63, 3.8) is 0 Å². The molecule has 1 unspecified atom stereocenters. The Balaban J connectivity index is 4.33. The lowest BCUT2D eigenvalue weighted by atomic mass is 9.96. The Hall–Kier alpha value is -2.67. The Morgan fingerprint density at radius 1 is 0.727 bits per heavy atom. The summed E-state index contributed by atoms with van der Waals surface area (Å²) in [6.45, 7) is 10.4. The first kappa shape index (κ1) is 30.3. The normalized spacial score (nSPS) is 14.4. The summed E-state index contributed by atoms with van der Waals surface area (Å²) in [6.07, 6.45) is 12.4. The minimum absolute atomic E-state index is 0.0626. The molecule has 0 radical (unpaired) electrons. The number of carbonyl (C=O) groups is 3. The first-order chi connectivity index (χ1) is 15.4. The van der Waals surface area contributed by atoms with Gasteiger partial charge in [0.15, 0.2) is 5.60 Å². The van der Waals surface area contributed by atoms with Gasteiger partial charge >= 0.3 is 17.9 Å². The summed E-state index contributed by atoms with van der Waals surface area (Å²) in [5.74, 6) is -4.26. The molecule has 0 heterocycles. The van der Waals surface area contributed by atoms with Crippen molar-refractivity contribution < 1.29 is 34.4 Å². The van der Waals surface area contributed by atoms with E-state index in [9.17, 15) is 19.5 Å². The fourth-order valence-corrected chi connectivity index (χ4v) is 3.02. The van der Waals surface area contributed by atoms with Gasteiger partial charge in [0.05, 0.1) is 12.8 Å². The average molecular weight is 465 g/mol. The monoisotopic (exact) mass is 464 g/mol. The molecular weight excluding hydrogens is 424 g/mol. The maximum atomic E-state index is 11.8. The van der Waals surface area contributed by atoms with Crippen LogP contribution in [0.3, 0.4) is 0 Å². The van der Waals surface area contributed by atoms with Gasteiger partial charge in [0.1, 0.15) is 6.61 Å². The molecule has 0 amide bonds. The number of aliphatic hydroxyl groups is 1. The van der Waals surface area contributed by atoms with Gasteiger partial charge in [-0.15, -0.1) is 0 Å². The SMILES string of the molecule is CC(C)=CCC/C(C)=C/CC/C(C)=C/CC/C(C)=C/COC(=O)CC(O)(CC(=O)O)C(=O)O. The van der Waals surface area contributed by atoms with Crippen LogP contribution in [0.4, 0.5) is 0 Å². The number of aliphatic carboxylic acids is 2. The topological polar surface area (TPSA) is 121 Å². The van der Waals surface area contributed by atoms with Gasteiger partial charge in [-0.05, 0) is 79.2 Å². The van der Waals surface area contributed by atoms with Crippen molar-refractivity contribution in [1.29, 1.82) is 0 Å². The lowest BCUT2D eigenvalue weighted by Crippen LogP contribution is -2.43. The number of ether oxygens (including phenoxy) is 1. The van der Waals surface area contributed by atoms with Gasteiger partial charge < -0.3 is 20.1 Å². The van der Waals surface area contributed by atoms with E-state index >= 15 is 0 Å². The van der Waals surface area contributed by atoms with E-state index in [4.69, 9.17) is 14.9 Å². The third kappa shape index (κ3) is 15.7. The van der Waals surface area contributed by atoms with E-state index < -0.39 is 36.4 Å². The molecule has 0 aliphatic heterocycles. The average Bonchev–Trinajstić information content (AvgIpc) is 2.66. The third-order valence-corrected chi connectivity index (χ3v) is 5.11. The van der Waals surface area contributed by atoms with E-state index in [1.807, 2.05) is 6.92 Å². The number of carbonyl (C=O) groups excluding carboxylic acids is 1. The van der Waals surface area contributed by atoms with Crippen molar-refractivity contribution in [3.05, 3.63) is 46.6 Å². The molecule has 7 nitrogen and oxygen atoms in total. The quantitative estimate of drug-likeness (QED) is 0.208. The summed E-state index contributed by atoms with van der Waals surface area (Å²) in [5, 5.41) is 27.5. The van der Waals surface area contributed by atoms with Crippen LogP contribution in [0, 0.1) is 0 Å². The Kier molecular flexibility index (Phi) is 14.7. The van der Waals surface area contributed by atoms with Crippen LogP contribution in [0.15, 0.2) is 46.6 Å². The zero-order valence-corrected chi connectivity index (χ0v) is 20.6. The lowest BCUT2D eigenvalue weighted by molar-refractivity contribution is -0.171. The molecule has 0 aliphatic rings. The van der Waals surface area contributed by atoms with Crippen LogP contribution < -0.4 is 0 Å². The fraction of sp³-hybridized carbons (Fsp3) is 0.577. The fourth-order valence-electron chi connectivity index (χ4n) is 3.02. The molecule has 0 bridgehead atoms. The molecule has 0 aliphatic carbocycles. The summed E-state index contributed by atoms with van der Waals surface area (Å²) in [4.78, 5) is 33.6. The molecule has 186 valence electrons. The molecule has 0 saturated heterocycles. The van der Waals surface area contributed by atoms with E-state index in [2.05, 4.69) is 45.9 Å². The van der Waals surface area contributed by atoms with Crippen LogP contribution in [0.5, 0.6) is 0 Å². The highest BCUT2D eigenvalue weighted by molar-refractivity contribution is 5.88. The van der Waals surface area contributed by atoms with Gasteiger partial charge in [-0.2, -0.15) is 0 Å². The zero-order chi connectivity index (χ0) is 25.4. The summed E-state index contributed by atoms with van der Waals surface area (Å²) < 4.78 is 4.93. The second kappa shape index (κ2) is 16.0. The molecule has 33 heavy (non-hydrogen) atoms. The van der Waals surface area contributed by atoms with Crippen LogP contribution in [-0.2, 0) is 19.1 Å². The predicted octanol–water partition coefficient (Wildman–Crippen LogP) is 5.36. The summed E-state index contributed by atoms with van der Waals surface area (Å²) in [6, 6.07) is 0. The van der Waals surface area contributed by atoms with E-state index in [1.165, 1.54) is 16.7 Å². The molecule has 1 atom stereocenters. The molecule has 0 rings (SSSR count). The number of carboxylic acids is 2. The molecule has 0 saturated carbocycles. The van der Waals surface area contributed by atoms with Crippen molar-refractivity contribution >= 4 is 17.9 Å². The Bertz CT molecular complexity index is 782. The first-order valence-electron chi connectivity index (χ1n) is 11.3. The Morgan fingerprint density at radius 3 is 1.61 bits per heavy atom. The summed E-state index contributed by atoms with van der Waals surface area (Å²) in [5.41, 5.74) is 2.43. The highest BCUT2D eigenvalue weighted by atomic mass is 16.5. The lowest BCUT2D eigenvalue weighted by Gasteiger charge is -2.19. The number of allylic oxidation sites excluding steroid dienone is 7. The zero-order valence-electron chi connectivity index (χ0n) is 20.6. The first-order valence-corrected chi connectivity index (χ1v) is 11.3. The summed E-state index contributed by atoms with van der Waals surface area (Å²) in [7, 11) is 0. The molecular formula is C26H40O7. The predicted molar refractivity (Wildman–Crippen MR) is 129 cm³/mol. The van der Waals surface area contributed by atoms with E-state index in [1.54, 1.807) is 6.08 Å². The van der Waals surface area contributed by atoms with Crippen molar-refractivity contribution in [2.75, 3.05) is 6.61 Å². The minimum atomic E-state index is -2.68. The second-order valence-corrected chi connectivity index (χ2v) is 8.82. The van der Waals surface area contributed by atoms with E-state index in [0.717, 1.165) is 44.1 Å². The third-order valence-electron chi connectivity index (χ3n) is 5.11. The minimum Gasteiger partial charge on any atom is -0.481 e. The number of hydrogen-bond acceptors (Lipinski definition) is 5. The van der Waals surface area contributed by atoms with Gasteiger partial charge in [0.25, 0.3) is 0 Å². The molecule has 0 fully saturated rings. The van der Waals surface area contributed by atoms with E-state index in [0.29, 0.717) is 0 Å². The maximum absolute atomic E-state index is 11.8. The van der Waals surface area contributed by atoms with Gasteiger partial charge in [-0.3, -0.25) is 9.59 Å². The summed E-state index contributed by atoms with van der Waals surface area (Å²) >= 11 is 0. The molecule has 0 aromatic heterocycles. The number of carboxylic acid groups (broad SMARTS) is 2. The number of hydrogen-bond donors (Lipinski definition) is 3. The number of rotatable bonds is 16. The Labute approximate surface area is 197 Å². The molecule has 0 aromatic carbocycles. The van der Waals surface area contributed by atoms with Crippen molar-refractivity contribution in [1.82, 2.24) is 0 Å². The van der Waals surface area contributed by atoms with Crippen molar-refractivity contribution in [3.8, 4) is 0 Å². The van der Waals surface area contributed by atoms with Gasteiger partial charge in [-0.1, -0.05) is 40.5 Å². The van der Waals surface area contributed by atoms with Crippen molar-refractivity contribution in [2.45, 2.75) is 91.6 Å². The molecule has 7 heteroatoms. The van der Waals surface area contributed by atoms with Gasteiger partial charge in [-0.25, -0.2) is 4.79 Å². The second-order valence-electron chi connectivity index (χ2n) is 8.82.